The fourth-order valence-corrected chi connectivity index (χ4v) is 2.07. The molecule has 6 heteroatoms. The number of para-hydroxylation sites is 2. The van der Waals surface area contributed by atoms with Crippen molar-refractivity contribution in [3.63, 3.8) is 0 Å². The van der Waals surface area contributed by atoms with Gasteiger partial charge in [-0.25, -0.2) is 0 Å². The number of benzene rings is 1. The minimum atomic E-state index is -0.159. The Morgan fingerprint density at radius 3 is 1.62 bits per heavy atom. The first-order chi connectivity index (χ1) is 12.7. The molecule has 142 valence electrons. The van der Waals surface area contributed by atoms with Gasteiger partial charge in [0.05, 0.1) is 13.2 Å². The fourth-order valence-electron chi connectivity index (χ4n) is 2.07. The molecule has 0 spiro atoms. The number of hydrogen-bond donors (Lipinski definition) is 2. The largest absolute Gasteiger partial charge is 0.490 e. The Morgan fingerprint density at radius 1 is 0.808 bits per heavy atom. The van der Waals surface area contributed by atoms with Gasteiger partial charge in [-0.3, -0.25) is 9.59 Å². The maximum atomic E-state index is 11.0. The normalized spacial score (nSPS) is 9.85. The van der Waals surface area contributed by atoms with Crippen molar-refractivity contribution < 1.29 is 19.1 Å². The van der Waals surface area contributed by atoms with Gasteiger partial charge in [-0.15, -0.1) is 0 Å². The zero-order chi connectivity index (χ0) is 19.0. The molecule has 26 heavy (non-hydrogen) atoms. The van der Waals surface area contributed by atoms with Crippen LogP contribution in [-0.2, 0) is 9.59 Å². The van der Waals surface area contributed by atoms with Crippen molar-refractivity contribution in [3.05, 3.63) is 49.6 Å². The highest BCUT2D eigenvalue weighted by Gasteiger charge is 2.04. The minimum absolute atomic E-state index is 0.159. The van der Waals surface area contributed by atoms with E-state index in [9.17, 15) is 9.59 Å². The van der Waals surface area contributed by atoms with Crippen LogP contribution in [-0.4, -0.2) is 38.1 Å². The van der Waals surface area contributed by atoms with Crippen molar-refractivity contribution in [2.45, 2.75) is 25.7 Å². The predicted octanol–water partition coefficient (Wildman–Crippen LogP) is 2.61. The summed E-state index contributed by atoms with van der Waals surface area (Å²) >= 11 is 0. The molecule has 0 aliphatic carbocycles. The van der Waals surface area contributed by atoms with Gasteiger partial charge in [0.2, 0.25) is 11.8 Å². The van der Waals surface area contributed by atoms with Gasteiger partial charge in [0.1, 0.15) is 0 Å². The Kier molecular flexibility index (Phi) is 11.1. The van der Waals surface area contributed by atoms with Gasteiger partial charge in [0, 0.05) is 13.1 Å². The summed E-state index contributed by atoms with van der Waals surface area (Å²) in [7, 11) is 0. The summed E-state index contributed by atoms with van der Waals surface area (Å²) in [4.78, 5) is 22.0. The monoisotopic (exact) mass is 360 g/mol. The van der Waals surface area contributed by atoms with E-state index in [1.165, 1.54) is 12.2 Å². The van der Waals surface area contributed by atoms with Crippen LogP contribution >= 0.6 is 0 Å². The van der Waals surface area contributed by atoms with Gasteiger partial charge in [0.15, 0.2) is 11.5 Å². The Labute approximate surface area is 155 Å². The van der Waals surface area contributed by atoms with Crippen molar-refractivity contribution >= 4 is 11.8 Å². The second-order valence-electron chi connectivity index (χ2n) is 5.55. The molecule has 0 radical (unpaired) electrons. The molecule has 6 nitrogen and oxygen atoms in total. The topological polar surface area (TPSA) is 76.7 Å². The molecule has 0 heterocycles. The predicted molar refractivity (Wildman–Crippen MR) is 102 cm³/mol. The second kappa shape index (κ2) is 13.5. The fraction of sp³-hybridized carbons (Fsp3) is 0.400. The minimum Gasteiger partial charge on any atom is -0.490 e. The highest BCUT2D eigenvalue weighted by atomic mass is 16.5. The van der Waals surface area contributed by atoms with Gasteiger partial charge in [-0.2, -0.15) is 0 Å². The smallest absolute Gasteiger partial charge is 0.243 e. The van der Waals surface area contributed by atoms with E-state index in [1.807, 2.05) is 24.3 Å². The van der Waals surface area contributed by atoms with Crippen LogP contribution in [0.15, 0.2) is 49.6 Å². The van der Waals surface area contributed by atoms with Crippen molar-refractivity contribution in [2.24, 2.45) is 0 Å². The molecule has 1 rings (SSSR count). The highest BCUT2D eigenvalue weighted by molar-refractivity contribution is 5.87. The van der Waals surface area contributed by atoms with Crippen LogP contribution in [0, 0.1) is 0 Å². The van der Waals surface area contributed by atoms with Crippen molar-refractivity contribution in [2.75, 3.05) is 26.3 Å². The average Bonchev–Trinajstić information content (AvgIpc) is 2.67. The number of amides is 2. The standard InChI is InChI=1S/C20H28N2O4/c1-3-19(23)21-13-7-9-15-25-17-11-5-6-12-18(17)26-16-10-8-14-22-20(24)4-2/h3-6,11-12H,1-2,7-10,13-16H2,(H,21,23)(H,22,24). The lowest BCUT2D eigenvalue weighted by Gasteiger charge is -2.12. The first kappa shape index (κ1) is 21.3. The zero-order valence-electron chi connectivity index (χ0n) is 15.2. The quantitative estimate of drug-likeness (QED) is 0.395. The van der Waals surface area contributed by atoms with E-state index in [0.29, 0.717) is 37.8 Å². The molecule has 0 aliphatic rings. The molecular weight excluding hydrogens is 332 g/mol. The van der Waals surface area contributed by atoms with Gasteiger partial charge in [0.25, 0.3) is 0 Å². The van der Waals surface area contributed by atoms with E-state index in [0.717, 1.165) is 25.7 Å². The summed E-state index contributed by atoms with van der Waals surface area (Å²) < 4.78 is 11.5. The number of carbonyl (C=O) groups is 2. The van der Waals surface area contributed by atoms with Crippen LogP contribution in [0.2, 0.25) is 0 Å². The van der Waals surface area contributed by atoms with Crippen LogP contribution in [0.5, 0.6) is 11.5 Å². The van der Waals surface area contributed by atoms with Crippen molar-refractivity contribution in [1.82, 2.24) is 10.6 Å². The maximum absolute atomic E-state index is 11.0. The molecular formula is C20H28N2O4. The lowest BCUT2D eigenvalue weighted by Crippen LogP contribution is -2.22. The summed E-state index contributed by atoms with van der Waals surface area (Å²) in [5, 5.41) is 5.46. The molecule has 0 aliphatic heterocycles. The summed E-state index contributed by atoms with van der Waals surface area (Å²) in [6, 6.07) is 7.55. The molecule has 2 N–H and O–H groups in total. The van der Waals surface area contributed by atoms with Gasteiger partial charge >= 0.3 is 0 Å². The molecule has 0 fully saturated rings. The molecule has 1 aromatic carbocycles. The van der Waals surface area contributed by atoms with Gasteiger partial charge in [-0.05, 0) is 50.0 Å². The molecule has 2 amide bonds. The Balaban J connectivity index is 2.21. The first-order valence-electron chi connectivity index (χ1n) is 8.82. The first-order valence-corrected chi connectivity index (χ1v) is 8.82. The highest BCUT2D eigenvalue weighted by Crippen LogP contribution is 2.26. The third-order valence-corrected chi connectivity index (χ3v) is 3.48. The molecule has 0 atom stereocenters. The van der Waals surface area contributed by atoms with Crippen molar-refractivity contribution in [3.8, 4) is 11.5 Å². The number of unbranched alkanes of at least 4 members (excludes halogenated alkanes) is 2. The molecule has 0 bridgehead atoms. The van der Waals surface area contributed by atoms with Crippen LogP contribution in [0.1, 0.15) is 25.7 Å². The number of carbonyl (C=O) groups excluding carboxylic acids is 2. The van der Waals surface area contributed by atoms with E-state index < -0.39 is 0 Å². The third kappa shape index (κ3) is 9.52. The van der Waals surface area contributed by atoms with Crippen molar-refractivity contribution in [1.29, 1.82) is 0 Å². The Hall–Kier alpha value is -2.76. The van der Waals surface area contributed by atoms with Crippen LogP contribution in [0.3, 0.4) is 0 Å². The van der Waals surface area contributed by atoms with E-state index in [2.05, 4.69) is 23.8 Å². The third-order valence-electron chi connectivity index (χ3n) is 3.48. The SMILES string of the molecule is C=CC(=O)NCCCCOc1ccccc1OCCCCNC(=O)C=C. The summed E-state index contributed by atoms with van der Waals surface area (Å²) in [5.41, 5.74) is 0. The maximum Gasteiger partial charge on any atom is 0.243 e. The number of ether oxygens (including phenoxy) is 2. The average molecular weight is 360 g/mol. The van der Waals surface area contributed by atoms with Crippen LogP contribution < -0.4 is 20.1 Å². The number of hydrogen-bond acceptors (Lipinski definition) is 4. The summed E-state index contributed by atoms with van der Waals surface area (Å²) in [5.74, 6) is 1.10. The second-order valence-corrected chi connectivity index (χ2v) is 5.55. The van der Waals surface area contributed by atoms with E-state index in [-0.39, 0.29) is 11.8 Å². The molecule has 0 unspecified atom stereocenters. The summed E-state index contributed by atoms with van der Waals surface area (Å²) in [6.07, 6.45) is 5.84. The number of nitrogens with one attached hydrogen (secondary N) is 2. The van der Waals surface area contributed by atoms with Gasteiger partial charge < -0.3 is 20.1 Å². The van der Waals surface area contributed by atoms with Crippen LogP contribution in [0.4, 0.5) is 0 Å². The van der Waals surface area contributed by atoms with E-state index >= 15 is 0 Å². The Bertz CT molecular complexity index is 536. The summed E-state index contributed by atoms with van der Waals surface area (Å²) in [6.45, 7) is 9.13. The molecule has 0 aromatic heterocycles. The van der Waals surface area contributed by atoms with E-state index in [1.54, 1.807) is 0 Å². The molecule has 0 saturated carbocycles. The lowest BCUT2D eigenvalue weighted by molar-refractivity contribution is -0.117. The lowest BCUT2D eigenvalue weighted by atomic mass is 10.3. The zero-order valence-corrected chi connectivity index (χ0v) is 15.2. The van der Waals surface area contributed by atoms with Crippen LogP contribution in [0.25, 0.3) is 0 Å². The molecule has 0 saturated heterocycles. The van der Waals surface area contributed by atoms with Gasteiger partial charge in [-0.1, -0.05) is 25.3 Å². The van der Waals surface area contributed by atoms with E-state index in [4.69, 9.17) is 9.47 Å². The Morgan fingerprint density at radius 2 is 1.23 bits per heavy atom. The molecule has 1 aromatic rings. The number of rotatable bonds is 14.